The van der Waals surface area contributed by atoms with Crippen LogP contribution in [-0.4, -0.2) is 23.9 Å². The van der Waals surface area contributed by atoms with Crippen molar-refractivity contribution in [2.75, 3.05) is 7.11 Å². The van der Waals surface area contributed by atoms with Crippen LogP contribution < -0.4 is 0 Å². The molecule has 27 heavy (non-hydrogen) atoms. The van der Waals surface area contributed by atoms with Crippen LogP contribution >= 0.6 is 11.6 Å². The van der Waals surface area contributed by atoms with Crippen LogP contribution in [0.15, 0.2) is 59.8 Å². The van der Waals surface area contributed by atoms with Crippen LogP contribution in [0.1, 0.15) is 36.0 Å². The van der Waals surface area contributed by atoms with E-state index in [1.54, 1.807) is 24.0 Å². The summed E-state index contributed by atoms with van der Waals surface area (Å²) in [5.74, 6) is -0.803. The molecule has 0 fully saturated rings. The summed E-state index contributed by atoms with van der Waals surface area (Å²) in [6.07, 6.45) is 0.202. The third-order valence-electron chi connectivity index (χ3n) is 4.90. The monoisotopic (exact) mass is 383 g/mol. The zero-order valence-corrected chi connectivity index (χ0v) is 16.4. The van der Waals surface area contributed by atoms with Gasteiger partial charge < -0.3 is 9.64 Å². The van der Waals surface area contributed by atoms with E-state index in [0.717, 1.165) is 16.7 Å². The lowest BCUT2D eigenvalue weighted by molar-refractivity contribution is -0.138. The average Bonchev–Trinajstić information content (AvgIpc) is 2.64. The normalized spacial score (nSPS) is 17.3. The molecule has 0 radical (unpaired) electrons. The molecular weight excluding hydrogens is 362 g/mol. The number of hydrogen-bond acceptors (Lipinski definition) is 3. The van der Waals surface area contributed by atoms with Crippen LogP contribution in [0.2, 0.25) is 5.02 Å². The highest BCUT2D eigenvalue weighted by Crippen LogP contribution is 2.38. The molecule has 0 saturated heterocycles. The molecule has 0 bridgehead atoms. The summed E-state index contributed by atoms with van der Waals surface area (Å²) < 4.78 is 5.03. The third kappa shape index (κ3) is 4.06. The van der Waals surface area contributed by atoms with Crippen LogP contribution in [0.4, 0.5) is 0 Å². The van der Waals surface area contributed by atoms with Crippen molar-refractivity contribution < 1.29 is 14.3 Å². The highest BCUT2D eigenvalue weighted by atomic mass is 35.5. The van der Waals surface area contributed by atoms with Gasteiger partial charge in [-0.3, -0.25) is 4.79 Å². The fourth-order valence-corrected chi connectivity index (χ4v) is 3.78. The molecule has 0 saturated carbocycles. The Balaban J connectivity index is 2.03. The van der Waals surface area contributed by atoms with Gasteiger partial charge >= 0.3 is 5.97 Å². The molecule has 2 aromatic rings. The summed E-state index contributed by atoms with van der Waals surface area (Å²) in [6, 6.07) is 15.3. The number of carbonyl (C=O) groups is 2. The second-order valence-corrected chi connectivity index (χ2v) is 7.21. The van der Waals surface area contributed by atoms with Gasteiger partial charge in [-0.05, 0) is 37.1 Å². The first kappa shape index (κ1) is 19.2. The Morgan fingerprint density at radius 2 is 1.93 bits per heavy atom. The second-order valence-electron chi connectivity index (χ2n) is 6.77. The minimum atomic E-state index is -0.417. The maximum atomic E-state index is 12.9. The van der Waals surface area contributed by atoms with E-state index < -0.39 is 5.97 Å². The molecule has 3 rings (SSSR count). The lowest BCUT2D eigenvalue weighted by Gasteiger charge is -2.34. The van der Waals surface area contributed by atoms with Crippen molar-refractivity contribution in [2.24, 2.45) is 0 Å². The van der Waals surface area contributed by atoms with Gasteiger partial charge in [0.2, 0.25) is 5.91 Å². The first-order valence-electron chi connectivity index (χ1n) is 8.81. The summed E-state index contributed by atoms with van der Waals surface area (Å²) in [7, 11) is 1.36. The number of methoxy groups -OCH3 is 1. The van der Waals surface area contributed by atoms with Crippen molar-refractivity contribution in [1.29, 1.82) is 0 Å². The maximum absolute atomic E-state index is 12.9. The fourth-order valence-electron chi connectivity index (χ4n) is 3.58. The number of aryl methyl sites for hydroxylation is 1. The van der Waals surface area contributed by atoms with Gasteiger partial charge in [0, 0.05) is 23.1 Å². The number of rotatable bonds is 4. The summed E-state index contributed by atoms with van der Waals surface area (Å²) in [5.41, 5.74) is 4.12. The third-order valence-corrected chi connectivity index (χ3v) is 5.14. The van der Waals surface area contributed by atoms with E-state index in [-0.39, 0.29) is 18.2 Å². The lowest BCUT2D eigenvalue weighted by Crippen LogP contribution is -2.37. The van der Waals surface area contributed by atoms with E-state index in [0.29, 0.717) is 22.8 Å². The molecule has 1 amide bonds. The Bertz CT molecular complexity index is 919. The van der Waals surface area contributed by atoms with Crippen molar-refractivity contribution in [2.45, 2.75) is 32.7 Å². The summed E-state index contributed by atoms with van der Waals surface area (Å²) in [6.45, 7) is 4.24. The van der Waals surface area contributed by atoms with Crippen LogP contribution in [0.5, 0.6) is 0 Å². The number of hydrogen-bond donors (Lipinski definition) is 0. The topological polar surface area (TPSA) is 46.6 Å². The van der Waals surface area contributed by atoms with Crippen molar-refractivity contribution in [3.05, 3.63) is 81.5 Å². The molecule has 0 unspecified atom stereocenters. The predicted octanol–water partition coefficient (Wildman–Crippen LogP) is 4.61. The van der Waals surface area contributed by atoms with E-state index in [4.69, 9.17) is 16.3 Å². The van der Waals surface area contributed by atoms with E-state index in [2.05, 4.69) is 0 Å². The quantitative estimate of drug-likeness (QED) is 0.724. The SMILES string of the molecule is COC(=O)C1=C(C)N(Cc2cccc(C)c2)C(=O)C[C@@H]1c1cccc(Cl)c1. The van der Waals surface area contributed by atoms with Crippen LogP contribution in [0, 0.1) is 6.92 Å². The standard InChI is InChI=1S/C22H22ClNO3/c1-14-6-4-7-16(10-14)13-24-15(2)21(22(26)27-3)19(12-20(24)25)17-8-5-9-18(23)11-17/h4-11,19H,12-13H2,1-3H3/t19-/m1/s1. The Morgan fingerprint density at radius 3 is 2.59 bits per heavy atom. The van der Waals surface area contributed by atoms with Crippen LogP contribution in [0.25, 0.3) is 0 Å². The summed E-state index contributed by atoms with van der Waals surface area (Å²) in [5, 5.41) is 0.573. The number of halogens is 1. The minimum absolute atomic E-state index is 0.0216. The first-order chi connectivity index (χ1) is 12.9. The smallest absolute Gasteiger partial charge is 0.336 e. The molecule has 2 aromatic carbocycles. The van der Waals surface area contributed by atoms with E-state index in [1.807, 2.05) is 43.3 Å². The zero-order valence-electron chi connectivity index (χ0n) is 15.7. The van der Waals surface area contributed by atoms with Crippen molar-refractivity contribution in [3.63, 3.8) is 0 Å². The van der Waals surface area contributed by atoms with Gasteiger partial charge in [-0.25, -0.2) is 4.79 Å². The van der Waals surface area contributed by atoms with E-state index in [1.165, 1.54) is 7.11 Å². The Hall–Kier alpha value is -2.59. The number of allylic oxidation sites excluding steroid dienone is 1. The van der Waals surface area contributed by atoms with Gasteiger partial charge in [0.15, 0.2) is 0 Å². The fraction of sp³-hybridized carbons (Fsp3) is 0.273. The lowest BCUT2D eigenvalue weighted by atomic mass is 9.83. The molecule has 5 heteroatoms. The van der Waals surface area contributed by atoms with Crippen molar-refractivity contribution >= 4 is 23.5 Å². The van der Waals surface area contributed by atoms with Crippen LogP contribution in [-0.2, 0) is 20.9 Å². The number of benzene rings is 2. The van der Waals surface area contributed by atoms with Crippen LogP contribution in [0.3, 0.4) is 0 Å². The Kier molecular flexibility index (Phi) is 5.66. The molecule has 4 nitrogen and oxygen atoms in total. The van der Waals surface area contributed by atoms with E-state index in [9.17, 15) is 9.59 Å². The predicted molar refractivity (Wildman–Crippen MR) is 105 cm³/mol. The van der Waals surface area contributed by atoms with Gasteiger partial charge in [0.25, 0.3) is 0 Å². The average molecular weight is 384 g/mol. The summed E-state index contributed by atoms with van der Waals surface area (Å²) in [4.78, 5) is 27.1. The molecule has 0 aromatic heterocycles. The molecule has 1 atom stereocenters. The van der Waals surface area contributed by atoms with Gasteiger partial charge in [-0.15, -0.1) is 0 Å². The van der Waals surface area contributed by atoms with Crippen molar-refractivity contribution in [1.82, 2.24) is 4.90 Å². The zero-order chi connectivity index (χ0) is 19.6. The maximum Gasteiger partial charge on any atom is 0.336 e. The molecule has 0 spiro atoms. The molecule has 1 aliphatic heterocycles. The number of amides is 1. The molecule has 1 aliphatic rings. The van der Waals surface area contributed by atoms with Gasteiger partial charge in [0.05, 0.1) is 19.2 Å². The number of ether oxygens (including phenoxy) is 1. The number of esters is 1. The molecule has 0 N–H and O–H groups in total. The molecule has 0 aliphatic carbocycles. The molecular formula is C22H22ClNO3. The number of nitrogens with zero attached hydrogens (tertiary/aromatic N) is 1. The Morgan fingerprint density at radius 1 is 1.19 bits per heavy atom. The first-order valence-corrected chi connectivity index (χ1v) is 9.19. The van der Waals surface area contributed by atoms with Crippen molar-refractivity contribution in [3.8, 4) is 0 Å². The van der Waals surface area contributed by atoms with Gasteiger partial charge in [-0.2, -0.15) is 0 Å². The highest BCUT2D eigenvalue weighted by molar-refractivity contribution is 6.30. The molecule has 1 heterocycles. The highest BCUT2D eigenvalue weighted by Gasteiger charge is 2.36. The molecule has 140 valence electrons. The Labute approximate surface area is 164 Å². The van der Waals surface area contributed by atoms with Gasteiger partial charge in [-0.1, -0.05) is 53.6 Å². The van der Waals surface area contributed by atoms with Gasteiger partial charge in [0.1, 0.15) is 0 Å². The van der Waals surface area contributed by atoms with E-state index >= 15 is 0 Å². The number of carbonyl (C=O) groups excluding carboxylic acids is 2. The second kappa shape index (κ2) is 7.97. The summed E-state index contributed by atoms with van der Waals surface area (Å²) >= 11 is 6.12. The largest absolute Gasteiger partial charge is 0.466 e. The minimum Gasteiger partial charge on any atom is -0.466 e.